The fourth-order valence-electron chi connectivity index (χ4n) is 4.81. The van der Waals surface area contributed by atoms with E-state index in [4.69, 9.17) is 9.47 Å². The van der Waals surface area contributed by atoms with Crippen molar-refractivity contribution in [2.75, 3.05) is 13.3 Å². The van der Waals surface area contributed by atoms with E-state index in [2.05, 4.69) is 52.3 Å². The number of rotatable bonds is 3. The molecular weight excluding hydrogens is 376 g/mol. The van der Waals surface area contributed by atoms with Gasteiger partial charge in [0.15, 0.2) is 11.5 Å². The lowest BCUT2D eigenvalue weighted by molar-refractivity contribution is 0.173. The maximum absolute atomic E-state index is 10.2. The molecule has 6 rings (SSSR count). The number of nitrogens with zero attached hydrogens (tertiary/aromatic N) is 1. The Morgan fingerprint density at radius 1 is 0.967 bits per heavy atom. The van der Waals surface area contributed by atoms with E-state index in [1.807, 2.05) is 18.2 Å². The zero-order chi connectivity index (χ0) is 20.1. The summed E-state index contributed by atoms with van der Waals surface area (Å²) in [4.78, 5) is 6.14. The Bertz CT molecular complexity index is 1250. The number of aromatic nitrogens is 1. The molecule has 3 aromatic carbocycles. The third-order valence-electron chi connectivity index (χ3n) is 6.14. The number of nitrogens with one attached hydrogen (secondary N) is 1. The Balaban J connectivity index is 1.44. The molecular formula is C25H22N2O3. The van der Waals surface area contributed by atoms with Gasteiger partial charge in [-0.25, -0.2) is 0 Å². The Morgan fingerprint density at radius 3 is 2.80 bits per heavy atom. The zero-order valence-electron chi connectivity index (χ0n) is 16.5. The molecule has 2 aliphatic heterocycles. The van der Waals surface area contributed by atoms with Crippen LogP contribution in [0, 0.1) is 0 Å². The molecule has 1 aromatic heterocycles. The van der Waals surface area contributed by atoms with Crippen molar-refractivity contribution in [1.82, 2.24) is 9.88 Å². The van der Waals surface area contributed by atoms with E-state index < -0.39 is 0 Å². The first-order valence-electron chi connectivity index (χ1n) is 10.3. The maximum Gasteiger partial charge on any atom is 0.231 e. The number of hydrogen-bond donors (Lipinski definition) is 2. The highest BCUT2D eigenvalue weighted by Crippen LogP contribution is 2.40. The number of aromatic amines is 1. The normalized spacial score (nSPS) is 17.9. The fraction of sp³-hybridized carbons (Fsp3) is 0.200. The molecule has 5 nitrogen and oxygen atoms in total. The second-order valence-electron chi connectivity index (χ2n) is 7.97. The molecule has 30 heavy (non-hydrogen) atoms. The number of fused-ring (bicyclic) bond motifs is 4. The molecule has 0 aliphatic carbocycles. The van der Waals surface area contributed by atoms with Crippen molar-refractivity contribution >= 4 is 10.9 Å². The summed E-state index contributed by atoms with van der Waals surface area (Å²) in [6.45, 7) is 2.00. The molecule has 2 aliphatic rings. The van der Waals surface area contributed by atoms with Crippen LogP contribution in [0.1, 0.15) is 28.4 Å². The molecule has 5 heteroatoms. The largest absolute Gasteiger partial charge is 0.508 e. The van der Waals surface area contributed by atoms with Crippen molar-refractivity contribution in [3.8, 4) is 17.2 Å². The summed E-state index contributed by atoms with van der Waals surface area (Å²) in [6, 6.07) is 22.3. The third-order valence-corrected chi connectivity index (χ3v) is 6.14. The summed E-state index contributed by atoms with van der Waals surface area (Å²) in [7, 11) is 0. The molecule has 150 valence electrons. The van der Waals surface area contributed by atoms with E-state index in [1.165, 1.54) is 22.2 Å². The van der Waals surface area contributed by atoms with Gasteiger partial charge in [0.05, 0.1) is 6.04 Å². The van der Waals surface area contributed by atoms with Gasteiger partial charge in [-0.2, -0.15) is 0 Å². The van der Waals surface area contributed by atoms with Crippen LogP contribution in [0.15, 0.2) is 66.7 Å². The number of H-pyrrole nitrogens is 1. The van der Waals surface area contributed by atoms with Crippen molar-refractivity contribution in [3.05, 3.63) is 89.1 Å². The smallest absolute Gasteiger partial charge is 0.231 e. The predicted molar refractivity (Wildman–Crippen MR) is 115 cm³/mol. The molecule has 3 heterocycles. The van der Waals surface area contributed by atoms with Crippen LogP contribution in [-0.4, -0.2) is 28.3 Å². The van der Waals surface area contributed by atoms with Crippen molar-refractivity contribution < 1.29 is 14.6 Å². The molecule has 0 saturated heterocycles. The molecule has 0 amide bonds. The number of phenolic OH excluding ortho intramolecular Hbond substituents is 1. The summed E-state index contributed by atoms with van der Waals surface area (Å²) < 4.78 is 11.0. The molecule has 2 N–H and O–H groups in total. The summed E-state index contributed by atoms with van der Waals surface area (Å²) in [6.07, 6.45) is 0.985. The van der Waals surface area contributed by atoms with Gasteiger partial charge in [-0.1, -0.05) is 36.4 Å². The van der Waals surface area contributed by atoms with Gasteiger partial charge in [-0.05, 0) is 53.4 Å². The molecule has 0 spiro atoms. The molecule has 0 saturated carbocycles. The van der Waals surface area contributed by atoms with Gasteiger partial charge in [-0.15, -0.1) is 0 Å². The lowest BCUT2D eigenvalue weighted by Crippen LogP contribution is -2.35. The first-order valence-corrected chi connectivity index (χ1v) is 10.3. The minimum atomic E-state index is 0.0404. The monoisotopic (exact) mass is 398 g/mol. The van der Waals surface area contributed by atoms with Crippen LogP contribution in [0.2, 0.25) is 0 Å². The molecule has 1 atom stereocenters. The van der Waals surface area contributed by atoms with Crippen LogP contribution in [0.25, 0.3) is 10.9 Å². The molecule has 0 bridgehead atoms. The van der Waals surface area contributed by atoms with Crippen LogP contribution in [-0.2, 0) is 13.0 Å². The maximum atomic E-state index is 10.2. The number of phenols is 1. The predicted octanol–water partition coefficient (Wildman–Crippen LogP) is 4.75. The van der Waals surface area contributed by atoms with Crippen molar-refractivity contribution in [2.24, 2.45) is 0 Å². The van der Waals surface area contributed by atoms with E-state index in [1.54, 1.807) is 6.07 Å². The third kappa shape index (κ3) is 2.82. The lowest BCUT2D eigenvalue weighted by Gasteiger charge is -2.36. The average molecular weight is 398 g/mol. The highest BCUT2D eigenvalue weighted by Gasteiger charge is 2.32. The van der Waals surface area contributed by atoms with E-state index in [0.717, 1.165) is 42.1 Å². The summed E-state index contributed by atoms with van der Waals surface area (Å²) in [5, 5.41) is 11.4. The number of para-hydroxylation sites is 1. The average Bonchev–Trinajstić information content (AvgIpc) is 3.37. The van der Waals surface area contributed by atoms with Crippen molar-refractivity contribution in [1.29, 1.82) is 0 Å². The van der Waals surface area contributed by atoms with E-state index in [9.17, 15) is 5.11 Å². The van der Waals surface area contributed by atoms with E-state index in [0.29, 0.717) is 5.75 Å². The minimum absolute atomic E-state index is 0.0404. The van der Waals surface area contributed by atoms with Gasteiger partial charge in [0.25, 0.3) is 0 Å². The van der Waals surface area contributed by atoms with Crippen LogP contribution < -0.4 is 9.47 Å². The fourth-order valence-corrected chi connectivity index (χ4v) is 4.81. The Hall–Kier alpha value is -3.44. The second kappa shape index (κ2) is 6.82. The summed E-state index contributed by atoms with van der Waals surface area (Å²) >= 11 is 0. The van der Waals surface area contributed by atoms with Gasteiger partial charge in [-0.3, -0.25) is 4.90 Å². The molecule has 4 aromatic rings. The van der Waals surface area contributed by atoms with Gasteiger partial charge >= 0.3 is 0 Å². The highest BCUT2D eigenvalue weighted by molar-refractivity contribution is 5.85. The number of ether oxygens (including phenoxy) is 2. The van der Waals surface area contributed by atoms with E-state index in [-0.39, 0.29) is 12.8 Å². The second-order valence-corrected chi connectivity index (χ2v) is 7.97. The SMILES string of the molecule is Oc1cccc([C@H]2c3[nH]c4ccccc4c3CCN2Cc2ccc3c(c2)OCO3)c1. The lowest BCUT2D eigenvalue weighted by atomic mass is 9.92. The summed E-state index contributed by atoms with van der Waals surface area (Å²) in [5.41, 5.74) is 6.03. The van der Waals surface area contributed by atoms with Crippen LogP contribution in [0.4, 0.5) is 0 Å². The van der Waals surface area contributed by atoms with Crippen LogP contribution in [0.5, 0.6) is 17.2 Å². The zero-order valence-corrected chi connectivity index (χ0v) is 16.5. The van der Waals surface area contributed by atoms with Crippen LogP contribution >= 0.6 is 0 Å². The van der Waals surface area contributed by atoms with Gasteiger partial charge < -0.3 is 19.6 Å². The highest BCUT2D eigenvalue weighted by atomic mass is 16.7. The number of benzene rings is 3. The Labute approximate surface area is 174 Å². The van der Waals surface area contributed by atoms with Gasteiger partial charge in [0.1, 0.15) is 5.75 Å². The van der Waals surface area contributed by atoms with Gasteiger partial charge in [0, 0.05) is 29.7 Å². The van der Waals surface area contributed by atoms with Crippen LogP contribution in [0.3, 0.4) is 0 Å². The van der Waals surface area contributed by atoms with Crippen molar-refractivity contribution in [2.45, 2.75) is 19.0 Å². The van der Waals surface area contributed by atoms with E-state index >= 15 is 0 Å². The summed E-state index contributed by atoms with van der Waals surface area (Å²) in [5.74, 6) is 1.91. The number of aromatic hydroxyl groups is 1. The molecule has 0 fully saturated rings. The van der Waals surface area contributed by atoms with Gasteiger partial charge in [0.2, 0.25) is 6.79 Å². The first kappa shape index (κ1) is 17.4. The standard InChI is InChI=1S/C25H22N2O3/c28-18-5-3-4-17(13-18)25-24-20(19-6-1-2-7-21(19)26-24)10-11-27(25)14-16-8-9-22-23(12-16)30-15-29-22/h1-9,12-13,25-26,28H,10-11,14-15H2/t25-/m0/s1. The number of hydrogen-bond acceptors (Lipinski definition) is 4. The Morgan fingerprint density at radius 2 is 1.87 bits per heavy atom. The Kier molecular flexibility index (Phi) is 3.96. The topological polar surface area (TPSA) is 57.7 Å². The minimum Gasteiger partial charge on any atom is -0.508 e. The first-order chi connectivity index (χ1) is 14.8. The van der Waals surface area contributed by atoms with Crippen molar-refractivity contribution in [3.63, 3.8) is 0 Å². The quantitative estimate of drug-likeness (QED) is 0.523. The molecule has 0 unspecified atom stereocenters. The molecule has 0 radical (unpaired) electrons.